The number of nitrogens with one attached hydrogen (secondary N) is 1. The van der Waals surface area contributed by atoms with Crippen molar-refractivity contribution >= 4 is 29.2 Å². The van der Waals surface area contributed by atoms with Gasteiger partial charge in [-0.25, -0.2) is 4.79 Å². The lowest BCUT2D eigenvalue weighted by Gasteiger charge is -2.40. The topological polar surface area (TPSA) is 74.7 Å². The van der Waals surface area contributed by atoms with E-state index in [1.54, 1.807) is 45.9 Å². The second kappa shape index (κ2) is 9.96. The van der Waals surface area contributed by atoms with Crippen LogP contribution >= 0.6 is 11.6 Å². The zero-order valence-electron chi connectivity index (χ0n) is 19.3. The Morgan fingerprint density at radius 2 is 1.57 bits per heavy atom. The van der Waals surface area contributed by atoms with Crippen molar-refractivity contribution in [3.63, 3.8) is 0 Å². The number of carbonyl (C=O) groups excluding carboxylic acids is 2. The first-order valence-electron chi connectivity index (χ1n) is 11.9. The quantitative estimate of drug-likeness (QED) is 0.594. The number of benzene rings is 2. The van der Waals surface area contributed by atoms with Gasteiger partial charge in [0.2, 0.25) is 5.91 Å². The fraction of sp³-hybridized carbons (Fsp3) is 0.296. The van der Waals surface area contributed by atoms with E-state index < -0.39 is 6.04 Å². The van der Waals surface area contributed by atoms with E-state index in [0.29, 0.717) is 49.6 Å². The lowest BCUT2D eigenvalue weighted by molar-refractivity contribution is -0.137. The second-order valence-electron chi connectivity index (χ2n) is 9.06. The molecular formula is C27H27ClN4O3. The summed E-state index contributed by atoms with van der Waals surface area (Å²) in [5.74, 6) is -0.0513. The molecule has 5 rings (SSSR count). The number of aromatic nitrogens is 1. The Morgan fingerprint density at radius 1 is 0.886 bits per heavy atom. The van der Waals surface area contributed by atoms with Crippen LogP contribution in [0.2, 0.25) is 5.02 Å². The predicted molar refractivity (Wildman–Crippen MR) is 136 cm³/mol. The summed E-state index contributed by atoms with van der Waals surface area (Å²) in [6.07, 6.45) is 3.69. The minimum Gasteiger partial charge on any atom is -0.341 e. The van der Waals surface area contributed by atoms with Crippen molar-refractivity contribution in [2.45, 2.75) is 37.9 Å². The van der Waals surface area contributed by atoms with E-state index in [1.807, 2.05) is 41.4 Å². The zero-order valence-corrected chi connectivity index (χ0v) is 20.0. The van der Waals surface area contributed by atoms with Crippen LogP contribution in [0.5, 0.6) is 0 Å². The van der Waals surface area contributed by atoms with Crippen LogP contribution < -0.4 is 10.9 Å². The highest BCUT2D eigenvalue weighted by molar-refractivity contribution is 6.30. The van der Waals surface area contributed by atoms with Crippen LogP contribution in [-0.4, -0.2) is 45.4 Å². The molecule has 1 saturated heterocycles. The lowest BCUT2D eigenvalue weighted by atomic mass is 9.92. The Balaban J connectivity index is 1.33. The van der Waals surface area contributed by atoms with E-state index in [1.165, 1.54) is 0 Å². The van der Waals surface area contributed by atoms with Gasteiger partial charge in [-0.2, -0.15) is 0 Å². The highest BCUT2D eigenvalue weighted by Crippen LogP contribution is 2.28. The second-order valence-corrected chi connectivity index (χ2v) is 9.49. The minimum atomic E-state index is -0.590. The molecule has 0 spiro atoms. The molecule has 0 bridgehead atoms. The third-order valence-corrected chi connectivity index (χ3v) is 7.16. The van der Waals surface area contributed by atoms with Crippen LogP contribution in [0.3, 0.4) is 0 Å². The SMILES string of the molecule is O=C([C@H]1Cc2ccccc2CN1C(=O)Nc1ccc(Cl)cc1)N1CCC(n2ccccc2=O)CC1. The molecule has 3 heterocycles. The molecule has 0 aliphatic carbocycles. The number of piperidine rings is 1. The number of nitrogens with zero attached hydrogens (tertiary/aromatic N) is 3. The highest BCUT2D eigenvalue weighted by atomic mass is 35.5. The van der Waals surface area contributed by atoms with Gasteiger partial charge in [0, 0.05) is 55.1 Å². The van der Waals surface area contributed by atoms with Crippen molar-refractivity contribution in [3.8, 4) is 0 Å². The summed E-state index contributed by atoms with van der Waals surface area (Å²) < 4.78 is 1.75. The van der Waals surface area contributed by atoms with Crippen molar-refractivity contribution in [1.29, 1.82) is 0 Å². The molecule has 7 nitrogen and oxygen atoms in total. The van der Waals surface area contributed by atoms with Crippen LogP contribution in [0.25, 0.3) is 0 Å². The number of likely N-dealkylation sites (tertiary alicyclic amines) is 1. The third kappa shape index (κ3) is 4.95. The Morgan fingerprint density at radius 3 is 2.29 bits per heavy atom. The molecule has 1 aromatic heterocycles. The molecule has 3 aromatic rings. The number of pyridine rings is 1. The van der Waals surface area contributed by atoms with Crippen molar-refractivity contribution < 1.29 is 9.59 Å². The maximum atomic E-state index is 13.7. The van der Waals surface area contributed by atoms with Crippen LogP contribution in [-0.2, 0) is 17.8 Å². The highest BCUT2D eigenvalue weighted by Gasteiger charge is 2.38. The van der Waals surface area contributed by atoms with E-state index in [0.717, 1.165) is 11.1 Å². The Kier molecular flexibility index (Phi) is 6.59. The maximum Gasteiger partial charge on any atom is 0.322 e. The number of rotatable bonds is 3. The van der Waals surface area contributed by atoms with Gasteiger partial charge in [0.15, 0.2) is 0 Å². The van der Waals surface area contributed by atoms with E-state index in [-0.39, 0.29) is 23.5 Å². The first-order chi connectivity index (χ1) is 17.0. The van der Waals surface area contributed by atoms with Gasteiger partial charge in [-0.3, -0.25) is 9.59 Å². The minimum absolute atomic E-state index is 0.0220. The molecule has 180 valence electrons. The van der Waals surface area contributed by atoms with Crippen molar-refractivity contribution in [3.05, 3.63) is 99.4 Å². The van der Waals surface area contributed by atoms with Gasteiger partial charge in [-0.05, 0) is 54.3 Å². The van der Waals surface area contributed by atoms with Crippen molar-refractivity contribution in [1.82, 2.24) is 14.4 Å². The predicted octanol–water partition coefficient (Wildman–Crippen LogP) is 4.32. The van der Waals surface area contributed by atoms with E-state index in [4.69, 9.17) is 11.6 Å². The molecule has 2 aliphatic rings. The number of halogens is 1. The fourth-order valence-corrected chi connectivity index (χ4v) is 5.13. The zero-order chi connectivity index (χ0) is 24.4. The number of amides is 3. The number of fused-ring (bicyclic) bond motifs is 1. The average molecular weight is 491 g/mol. The molecule has 3 amide bonds. The van der Waals surface area contributed by atoms with Gasteiger partial charge in [-0.15, -0.1) is 0 Å². The maximum absolute atomic E-state index is 13.7. The number of hydrogen-bond donors (Lipinski definition) is 1. The van der Waals surface area contributed by atoms with Crippen LogP contribution in [0.1, 0.15) is 30.0 Å². The van der Waals surface area contributed by atoms with Crippen LogP contribution in [0.4, 0.5) is 10.5 Å². The number of anilines is 1. The molecule has 0 unspecified atom stereocenters. The summed E-state index contributed by atoms with van der Waals surface area (Å²) in [5.41, 5.74) is 2.74. The summed E-state index contributed by atoms with van der Waals surface area (Å²) >= 11 is 5.97. The summed E-state index contributed by atoms with van der Waals surface area (Å²) in [4.78, 5) is 42.7. The number of carbonyl (C=O) groups is 2. The molecule has 2 aromatic carbocycles. The molecule has 1 N–H and O–H groups in total. The summed E-state index contributed by atoms with van der Waals surface area (Å²) in [6.45, 7) is 1.47. The molecule has 1 fully saturated rings. The van der Waals surface area contributed by atoms with E-state index in [2.05, 4.69) is 5.32 Å². The van der Waals surface area contributed by atoms with Crippen molar-refractivity contribution in [2.75, 3.05) is 18.4 Å². The van der Waals surface area contributed by atoms with E-state index in [9.17, 15) is 14.4 Å². The Bertz CT molecular complexity index is 1280. The molecule has 2 aliphatic heterocycles. The summed E-state index contributed by atoms with van der Waals surface area (Å²) in [7, 11) is 0. The molecule has 35 heavy (non-hydrogen) atoms. The first kappa shape index (κ1) is 23.2. The smallest absolute Gasteiger partial charge is 0.322 e. The molecule has 0 saturated carbocycles. The fourth-order valence-electron chi connectivity index (χ4n) is 5.00. The molecular weight excluding hydrogens is 464 g/mol. The standard InChI is InChI=1S/C27H27ClN4O3/c28-21-8-10-22(11-9-21)29-27(35)32-18-20-6-2-1-5-19(20)17-24(32)26(34)30-15-12-23(13-16-30)31-14-4-3-7-25(31)33/h1-11,14,23-24H,12-13,15-18H2,(H,29,35)/t24-/m1/s1. The largest absolute Gasteiger partial charge is 0.341 e. The van der Waals surface area contributed by atoms with Gasteiger partial charge in [-0.1, -0.05) is 41.9 Å². The molecule has 1 atom stereocenters. The van der Waals surface area contributed by atoms with Gasteiger partial charge < -0.3 is 19.7 Å². The third-order valence-electron chi connectivity index (χ3n) is 6.91. The van der Waals surface area contributed by atoms with Crippen LogP contribution in [0, 0.1) is 0 Å². The summed E-state index contributed by atoms with van der Waals surface area (Å²) in [5, 5.41) is 3.50. The van der Waals surface area contributed by atoms with Gasteiger partial charge >= 0.3 is 6.03 Å². The number of urea groups is 1. The number of hydrogen-bond acceptors (Lipinski definition) is 3. The lowest BCUT2D eigenvalue weighted by Crippen LogP contribution is -2.56. The Labute approximate surface area is 208 Å². The van der Waals surface area contributed by atoms with Gasteiger partial charge in [0.1, 0.15) is 6.04 Å². The van der Waals surface area contributed by atoms with Crippen LogP contribution in [0.15, 0.2) is 77.7 Å². The van der Waals surface area contributed by atoms with E-state index >= 15 is 0 Å². The average Bonchev–Trinajstić information content (AvgIpc) is 2.89. The van der Waals surface area contributed by atoms with Gasteiger partial charge in [0.05, 0.1) is 0 Å². The first-order valence-corrected chi connectivity index (χ1v) is 12.2. The Hall–Kier alpha value is -3.58. The molecule has 8 heteroatoms. The molecule has 0 radical (unpaired) electrons. The van der Waals surface area contributed by atoms with Gasteiger partial charge in [0.25, 0.3) is 5.56 Å². The normalized spacial score (nSPS) is 18.1. The summed E-state index contributed by atoms with van der Waals surface area (Å²) in [6, 6.07) is 19.2. The monoisotopic (exact) mass is 490 g/mol. The van der Waals surface area contributed by atoms with Crippen molar-refractivity contribution in [2.24, 2.45) is 0 Å².